The third kappa shape index (κ3) is 4.10. The van der Waals surface area contributed by atoms with Gasteiger partial charge in [0.15, 0.2) is 0 Å². The molecule has 4 nitrogen and oxygen atoms in total. The van der Waals surface area contributed by atoms with E-state index in [0.717, 1.165) is 18.8 Å². The van der Waals surface area contributed by atoms with E-state index in [1.54, 1.807) is 0 Å². The average Bonchev–Trinajstić information content (AvgIpc) is 2.52. The Morgan fingerprint density at radius 3 is 2.85 bits per heavy atom. The lowest BCUT2D eigenvalue weighted by Crippen LogP contribution is -2.38. The molecule has 0 unspecified atom stereocenters. The SMILES string of the molecule is CCCNc1cc(N(CCO)C2CCCCC2)ccn1. The molecule has 2 rings (SSSR count). The summed E-state index contributed by atoms with van der Waals surface area (Å²) in [4.78, 5) is 6.72. The zero-order valence-electron chi connectivity index (χ0n) is 12.5. The largest absolute Gasteiger partial charge is 0.395 e. The van der Waals surface area contributed by atoms with Crippen LogP contribution in [0, 0.1) is 0 Å². The Bertz CT molecular complexity index is 391. The van der Waals surface area contributed by atoms with Crippen molar-refractivity contribution >= 4 is 11.5 Å². The van der Waals surface area contributed by atoms with Crippen molar-refractivity contribution < 1.29 is 5.11 Å². The zero-order chi connectivity index (χ0) is 14.2. The van der Waals surface area contributed by atoms with Gasteiger partial charge >= 0.3 is 0 Å². The Kier molecular flexibility index (Phi) is 6.12. The quantitative estimate of drug-likeness (QED) is 0.804. The molecule has 1 aromatic rings. The molecule has 2 N–H and O–H groups in total. The highest BCUT2D eigenvalue weighted by Crippen LogP contribution is 2.28. The molecule has 0 spiro atoms. The topological polar surface area (TPSA) is 48.4 Å². The van der Waals surface area contributed by atoms with Crippen LogP contribution in [-0.2, 0) is 0 Å². The summed E-state index contributed by atoms with van der Waals surface area (Å²) in [5.74, 6) is 0.933. The lowest BCUT2D eigenvalue weighted by Gasteiger charge is -2.36. The summed E-state index contributed by atoms with van der Waals surface area (Å²) in [6, 6.07) is 4.73. The van der Waals surface area contributed by atoms with Crippen LogP contribution in [-0.4, -0.2) is 35.8 Å². The van der Waals surface area contributed by atoms with E-state index < -0.39 is 0 Å². The fourth-order valence-corrected chi connectivity index (χ4v) is 2.97. The van der Waals surface area contributed by atoms with E-state index in [2.05, 4.69) is 34.3 Å². The smallest absolute Gasteiger partial charge is 0.127 e. The Hall–Kier alpha value is -1.29. The van der Waals surface area contributed by atoms with Gasteiger partial charge in [-0.25, -0.2) is 4.98 Å². The first-order chi connectivity index (χ1) is 9.85. The van der Waals surface area contributed by atoms with Gasteiger partial charge < -0.3 is 15.3 Å². The second kappa shape index (κ2) is 8.10. The van der Waals surface area contributed by atoms with Crippen LogP contribution in [0.1, 0.15) is 45.4 Å². The van der Waals surface area contributed by atoms with Gasteiger partial charge in [-0.05, 0) is 25.3 Å². The lowest BCUT2D eigenvalue weighted by atomic mass is 9.94. The summed E-state index contributed by atoms with van der Waals surface area (Å²) in [6.07, 6.45) is 9.38. The summed E-state index contributed by atoms with van der Waals surface area (Å²) < 4.78 is 0. The van der Waals surface area contributed by atoms with Crippen LogP contribution in [0.2, 0.25) is 0 Å². The highest BCUT2D eigenvalue weighted by Gasteiger charge is 2.21. The van der Waals surface area contributed by atoms with E-state index in [1.807, 2.05) is 6.20 Å². The zero-order valence-corrected chi connectivity index (χ0v) is 12.5. The number of nitrogens with zero attached hydrogens (tertiary/aromatic N) is 2. The number of aromatic nitrogens is 1. The van der Waals surface area contributed by atoms with Crippen LogP contribution in [0.3, 0.4) is 0 Å². The van der Waals surface area contributed by atoms with Crippen molar-refractivity contribution in [2.45, 2.75) is 51.5 Å². The molecule has 1 aliphatic carbocycles. The van der Waals surface area contributed by atoms with Crippen LogP contribution in [0.15, 0.2) is 18.3 Å². The monoisotopic (exact) mass is 277 g/mol. The molecule has 1 saturated carbocycles. The highest BCUT2D eigenvalue weighted by molar-refractivity contribution is 5.54. The number of hydrogen-bond acceptors (Lipinski definition) is 4. The number of aliphatic hydroxyl groups is 1. The highest BCUT2D eigenvalue weighted by atomic mass is 16.3. The molecule has 20 heavy (non-hydrogen) atoms. The molecule has 1 aliphatic rings. The fraction of sp³-hybridized carbons (Fsp3) is 0.688. The van der Waals surface area contributed by atoms with E-state index in [4.69, 9.17) is 0 Å². The maximum atomic E-state index is 9.37. The Balaban J connectivity index is 2.10. The van der Waals surface area contributed by atoms with Gasteiger partial charge in [-0.2, -0.15) is 0 Å². The van der Waals surface area contributed by atoms with Gasteiger partial charge in [-0.1, -0.05) is 26.2 Å². The first-order valence-corrected chi connectivity index (χ1v) is 7.92. The maximum Gasteiger partial charge on any atom is 0.127 e. The van der Waals surface area contributed by atoms with E-state index in [9.17, 15) is 5.11 Å². The van der Waals surface area contributed by atoms with E-state index >= 15 is 0 Å². The van der Waals surface area contributed by atoms with Crippen molar-refractivity contribution in [1.29, 1.82) is 0 Å². The minimum absolute atomic E-state index is 0.205. The number of anilines is 2. The average molecular weight is 277 g/mol. The number of hydrogen-bond donors (Lipinski definition) is 2. The summed E-state index contributed by atoms with van der Waals surface area (Å²) in [5, 5.41) is 12.7. The van der Waals surface area contributed by atoms with Gasteiger partial charge in [0, 0.05) is 37.1 Å². The molecular formula is C16H27N3O. The predicted molar refractivity (Wildman–Crippen MR) is 84.3 cm³/mol. The molecular weight excluding hydrogens is 250 g/mol. The Morgan fingerprint density at radius 2 is 2.15 bits per heavy atom. The fourth-order valence-electron chi connectivity index (χ4n) is 2.97. The summed E-state index contributed by atoms with van der Waals surface area (Å²) in [5.41, 5.74) is 1.18. The second-order valence-corrected chi connectivity index (χ2v) is 5.53. The van der Waals surface area contributed by atoms with E-state index in [1.165, 1.54) is 37.8 Å². The summed E-state index contributed by atoms with van der Waals surface area (Å²) in [6.45, 7) is 4.01. The van der Waals surface area contributed by atoms with Gasteiger partial charge in [-0.3, -0.25) is 0 Å². The van der Waals surface area contributed by atoms with Crippen molar-refractivity contribution in [2.75, 3.05) is 29.9 Å². The van der Waals surface area contributed by atoms with Gasteiger partial charge in [0.1, 0.15) is 5.82 Å². The molecule has 0 amide bonds. The summed E-state index contributed by atoms with van der Waals surface area (Å²) >= 11 is 0. The number of aliphatic hydroxyl groups excluding tert-OH is 1. The Labute approximate surface area is 122 Å². The molecule has 1 heterocycles. The molecule has 112 valence electrons. The third-order valence-electron chi connectivity index (χ3n) is 3.99. The van der Waals surface area contributed by atoms with Crippen molar-refractivity contribution in [2.24, 2.45) is 0 Å². The second-order valence-electron chi connectivity index (χ2n) is 5.53. The van der Waals surface area contributed by atoms with E-state index in [-0.39, 0.29) is 6.61 Å². The Morgan fingerprint density at radius 1 is 1.35 bits per heavy atom. The number of nitrogens with one attached hydrogen (secondary N) is 1. The first kappa shape index (κ1) is 15.1. The summed E-state index contributed by atoms with van der Waals surface area (Å²) in [7, 11) is 0. The maximum absolute atomic E-state index is 9.37. The van der Waals surface area contributed by atoms with Crippen LogP contribution in [0.4, 0.5) is 11.5 Å². The first-order valence-electron chi connectivity index (χ1n) is 7.92. The molecule has 1 aromatic heterocycles. The van der Waals surface area contributed by atoms with Crippen molar-refractivity contribution in [3.63, 3.8) is 0 Å². The van der Waals surface area contributed by atoms with Crippen LogP contribution >= 0.6 is 0 Å². The molecule has 0 aromatic carbocycles. The van der Waals surface area contributed by atoms with Gasteiger partial charge in [-0.15, -0.1) is 0 Å². The van der Waals surface area contributed by atoms with Crippen molar-refractivity contribution in [1.82, 2.24) is 4.98 Å². The minimum Gasteiger partial charge on any atom is -0.395 e. The molecule has 1 fully saturated rings. The van der Waals surface area contributed by atoms with Crippen molar-refractivity contribution in [3.8, 4) is 0 Å². The number of pyridine rings is 1. The number of rotatable bonds is 7. The third-order valence-corrected chi connectivity index (χ3v) is 3.99. The van der Waals surface area contributed by atoms with Gasteiger partial charge in [0.2, 0.25) is 0 Å². The van der Waals surface area contributed by atoms with Crippen molar-refractivity contribution in [3.05, 3.63) is 18.3 Å². The molecule has 0 atom stereocenters. The minimum atomic E-state index is 0.205. The molecule has 0 saturated heterocycles. The van der Waals surface area contributed by atoms with Crippen LogP contribution in [0.5, 0.6) is 0 Å². The normalized spacial score (nSPS) is 16.1. The standard InChI is InChI=1S/C16H27N3O/c1-2-9-17-16-13-15(8-10-18-16)19(11-12-20)14-6-4-3-5-7-14/h8,10,13-14,20H,2-7,9,11-12H2,1H3,(H,17,18). The van der Waals surface area contributed by atoms with Gasteiger partial charge in [0.25, 0.3) is 0 Å². The lowest BCUT2D eigenvalue weighted by molar-refractivity contribution is 0.290. The molecule has 0 aliphatic heterocycles. The van der Waals surface area contributed by atoms with E-state index in [0.29, 0.717) is 12.6 Å². The molecule has 0 bridgehead atoms. The molecule has 4 heteroatoms. The van der Waals surface area contributed by atoms with Crippen LogP contribution < -0.4 is 10.2 Å². The predicted octanol–water partition coefficient (Wildman–Crippen LogP) is 3.03. The molecule has 0 radical (unpaired) electrons. The van der Waals surface area contributed by atoms with Crippen LogP contribution in [0.25, 0.3) is 0 Å². The van der Waals surface area contributed by atoms with Gasteiger partial charge in [0.05, 0.1) is 6.61 Å².